The summed E-state index contributed by atoms with van der Waals surface area (Å²) in [4.78, 5) is 15.4. The fourth-order valence-electron chi connectivity index (χ4n) is 2.44. The number of nitrogens with zero attached hydrogens (tertiary/aromatic N) is 2. The number of ether oxygens (including phenoxy) is 1. The van der Waals surface area contributed by atoms with Crippen molar-refractivity contribution in [3.63, 3.8) is 0 Å². The van der Waals surface area contributed by atoms with Crippen molar-refractivity contribution >= 4 is 5.97 Å². The fourth-order valence-corrected chi connectivity index (χ4v) is 2.44. The Labute approximate surface area is 113 Å². The van der Waals surface area contributed by atoms with E-state index in [0.29, 0.717) is 18.7 Å². The number of carbonyl (C=O) groups excluding carboxylic acids is 1. The molecule has 1 aliphatic rings. The molecule has 0 atom stereocenters. The third-order valence-electron chi connectivity index (χ3n) is 3.54. The predicted molar refractivity (Wildman–Crippen MR) is 63.1 cm³/mol. The molecule has 8 heteroatoms. The van der Waals surface area contributed by atoms with Crippen molar-refractivity contribution < 1.29 is 22.7 Å². The summed E-state index contributed by atoms with van der Waals surface area (Å²) in [7, 11) is 0. The zero-order chi connectivity index (χ0) is 14.8. The van der Waals surface area contributed by atoms with Crippen LogP contribution in [0.5, 0.6) is 0 Å². The summed E-state index contributed by atoms with van der Waals surface area (Å²) in [6.45, 7) is 1.89. The van der Waals surface area contributed by atoms with Gasteiger partial charge < -0.3 is 4.74 Å². The van der Waals surface area contributed by atoms with Gasteiger partial charge in [-0.05, 0) is 32.6 Å². The molecule has 0 saturated heterocycles. The van der Waals surface area contributed by atoms with Gasteiger partial charge in [-0.3, -0.25) is 5.10 Å². The highest BCUT2D eigenvalue weighted by molar-refractivity contribution is 5.84. The highest BCUT2D eigenvalue weighted by Gasteiger charge is 2.42. The van der Waals surface area contributed by atoms with E-state index in [1.807, 2.05) is 0 Å². The smallest absolute Gasteiger partial charge is 0.391 e. The zero-order valence-electron chi connectivity index (χ0n) is 11.0. The van der Waals surface area contributed by atoms with Crippen LogP contribution in [0.1, 0.15) is 55.0 Å². The molecule has 1 aliphatic carbocycles. The Kier molecular flexibility index (Phi) is 4.29. The number of halogens is 3. The van der Waals surface area contributed by atoms with Gasteiger partial charge in [-0.15, -0.1) is 5.10 Å². The molecule has 0 radical (unpaired) electrons. The van der Waals surface area contributed by atoms with Crippen LogP contribution in [-0.2, 0) is 4.74 Å². The van der Waals surface area contributed by atoms with Gasteiger partial charge in [-0.1, -0.05) is 0 Å². The van der Waals surface area contributed by atoms with Gasteiger partial charge in [0, 0.05) is 5.92 Å². The minimum absolute atomic E-state index is 0.0696. The van der Waals surface area contributed by atoms with E-state index in [1.54, 1.807) is 6.92 Å². The molecular weight excluding hydrogens is 275 g/mol. The number of rotatable bonds is 3. The van der Waals surface area contributed by atoms with Gasteiger partial charge in [-0.25, -0.2) is 9.78 Å². The van der Waals surface area contributed by atoms with E-state index in [9.17, 15) is 18.0 Å². The van der Waals surface area contributed by atoms with Gasteiger partial charge in [-0.2, -0.15) is 13.2 Å². The number of esters is 1. The van der Waals surface area contributed by atoms with E-state index in [-0.39, 0.29) is 31.2 Å². The quantitative estimate of drug-likeness (QED) is 0.869. The molecule has 1 saturated carbocycles. The normalized spacial score (nSPS) is 23.6. The largest absolute Gasteiger partial charge is 0.460 e. The number of H-pyrrole nitrogens is 1. The number of alkyl halides is 3. The first-order valence-corrected chi connectivity index (χ1v) is 6.58. The van der Waals surface area contributed by atoms with Crippen LogP contribution >= 0.6 is 0 Å². The van der Waals surface area contributed by atoms with Gasteiger partial charge in [0.15, 0.2) is 0 Å². The molecule has 1 aromatic rings. The average molecular weight is 291 g/mol. The van der Waals surface area contributed by atoms with Crippen LogP contribution < -0.4 is 0 Å². The summed E-state index contributed by atoms with van der Waals surface area (Å²) in [6, 6.07) is 0. The second kappa shape index (κ2) is 5.80. The molecule has 0 aromatic carbocycles. The van der Waals surface area contributed by atoms with E-state index < -0.39 is 18.1 Å². The maximum Gasteiger partial charge on any atom is 0.391 e. The maximum absolute atomic E-state index is 12.6. The second-order valence-corrected chi connectivity index (χ2v) is 4.85. The molecule has 2 rings (SSSR count). The lowest BCUT2D eigenvalue weighted by molar-refractivity contribution is -0.182. The first-order valence-electron chi connectivity index (χ1n) is 6.58. The molecule has 1 N–H and O–H groups in total. The molecule has 1 aromatic heterocycles. The van der Waals surface area contributed by atoms with Crippen LogP contribution in [0.3, 0.4) is 0 Å². The Morgan fingerprint density at radius 3 is 2.55 bits per heavy atom. The molecule has 1 heterocycles. The number of hydrogen-bond donors (Lipinski definition) is 1. The Hall–Kier alpha value is -1.60. The van der Waals surface area contributed by atoms with Crippen LogP contribution in [0.15, 0.2) is 0 Å². The summed E-state index contributed by atoms with van der Waals surface area (Å²) >= 11 is 0. The molecule has 0 bridgehead atoms. The Bertz CT molecular complexity index is 465. The zero-order valence-corrected chi connectivity index (χ0v) is 11.0. The highest BCUT2D eigenvalue weighted by atomic mass is 19.4. The lowest BCUT2D eigenvalue weighted by Crippen LogP contribution is -2.27. The third kappa shape index (κ3) is 3.29. The van der Waals surface area contributed by atoms with E-state index in [2.05, 4.69) is 15.2 Å². The molecule has 0 amide bonds. The molecule has 0 aliphatic heterocycles. The molecular formula is C12H16F3N3O2. The van der Waals surface area contributed by atoms with Crippen molar-refractivity contribution in [2.45, 2.75) is 44.7 Å². The van der Waals surface area contributed by atoms with Gasteiger partial charge in [0.25, 0.3) is 5.82 Å². The minimum atomic E-state index is -4.12. The lowest BCUT2D eigenvalue weighted by atomic mass is 9.81. The molecule has 112 valence electrons. The van der Waals surface area contributed by atoms with Crippen molar-refractivity contribution in [1.82, 2.24) is 15.2 Å². The number of carbonyl (C=O) groups is 1. The van der Waals surface area contributed by atoms with E-state index in [0.717, 1.165) is 0 Å². The SMILES string of the molecule is CCOC(=O)c1n[nH]c(C2CCC(C(F)(F)F)CC2)n1. The Morgan fingerprint density at radius 2 is 2.00 bits per heavy atom. The van der Waals surface area contributed by atoms with Crippen molar-refractivity contribution in [3.05, 3.63) is 11.6 Å². The average Bonchev–Trinajstić information content (AvgIpc) is 2.88. The molecule has 0 unspecified atom stereocenters. The molecule has 20 heavy (non-hydrogen) atoms. The van der Waals surface area contributed by atoms with E-state index >= 15 is 0 Å². The third-order valence-corrected chi connectivity index (χ3v) is 3.54. The van der Waals surface area contributed by atoms with Crippen molar-refractivity contribution in [3.8, 4) is 0 Å². The molecule has 0 spiro atoms. The first kappa shape index (κ1) is 14.8. The monoisotopic (exact) mass is 291 g/mol. The second-order valence-electron chi connectivity index (χ2n) is 4.85. The number of aromatic nitrogens is 3. The van der Waals surface area contributed by atoms with Gasteiger partial charge in [0.05, 0.1) is 12.5 Å². The van der Waals surface area contributed by atoms with Crippen LogP contribution in [-0.4, -0.2) is 33.9 Å². The first-order chi connectivity index (χ1) is 9.41. The summed E-state index contributed by atoms with van der Waals surface area (Å²) in [5.74, 6) is -1.57. The predicted octanol–water partition coefficient (Wildman–Crippen LogP) is 2.82. The number of hydrogen-bond acceptors (Lipinski definition) is 4. The summed E-state index contributed by atoms with van der Waals surface area (Å²) < 4.78 is 42.5. The summed E-state index contributed by atoms with van der Waals surface area (Å²) in [5, 5.41) is 6.37. The van der Waals surface area contributed by atoms with Gasteiger partial charge in [0.1, 0.15) is 5.82 Å². The van der Waals surface area contributed by atoms with Gasteiger partial charge >= 0.3 is 12.1 Å². The van der Waals surface area contributed by atoms with E-state index in [4.69, 9.17) is 4.74 Å². The number of nitrogens with one attached hydrogen (secondary N) is 1. The van der Waals surface area contributed by atoms with E-state index in [1.165, 1.54) is 0 Å². The van der Waals surface area contributed by atoms with Crippen molar-refractivity contribution in [2.75, 3.05) is 6.61 Å². The van der Waals surface area contributed by atoms with Crippen LogP contribution in [0.2, 0.25) is 0 Å². The summed E-state index contributed by atoms with van der Waals surface area (Å²) in [5.41, 5.74) is 0. The maximum atomic E-state index is 12.6. The number of aromatic amines is 1. The van der Waals surface area contributed by atoms with Crippen molar-refractivity contribution in [2.24, 2.45) is 5.92 Å². The Morgan fingerprint density at radius 1 is 1.35 bits per heavy atom. The van der Waals surface area contributed by atoms with Crippen LogP contribution in [0.4, 0.5) is 13.2 Å². The lowest BCUT2D eigenvalue weighted by Gasteiger charge is -2.28. The van der Waals surface area contributed by atoms with Crippen LogP contribution in [0.25, 0.3) is 0 Å². The van der Waals surface area contributed by atoms with Crippen molar-refractivity contribution in [1.29, 1.82) is 0 Å². The topological polar surface area (TPSA) is 67.9 Å². The fraction of sp³-hybridized carbons (Fsp3) is 0.750. The highest BCUT2D eigenvalue weighted by Crippen LogP contribution is 2.42. The Balaban J connectivity index is 1.96. The van der Waals surface area contributed by atoms with Crippen LogP contribution in [0, 0.1) is 5.92 Å². The summed E-state index contributed by atoms with van der Waals surface area (Å²) in [6.07, 6.45) is -3.17. The molecule has 1 fully saturated rings. The minimum Gasteiger partial charge on any atom is -0.460 e. The standard InChI is InChI=1S/C12H16F3N3O2/c1-2-20-11(19)10-16-9(17-18-10)7-3-5-8(6-4-7)12(13,14)15/h7-8H,2-6H2,1H3,(H,16,17,18). The van der Waals surface area contributed by atoms with Gasteiger partial charge in [0.2, 0.25) is 0 Å². The molecule has 5 nitrogen and oxygen atoms in total.